The Morgan fingerprint density at radius 1 is 1.31 bits per heavy atom. The molecule has 0 saturated carbocycles. The molecule has 0 unspecified atom stereocenters. The lowest BCUT2D eigenvalue weighted by atomic mass is 9.85. The van der Waals surface area contributed by atoms with Gasteiger partial charge in [-0.2, -0.15) is 5.10 Å². The summed E-state index contributed by atoms with van der Waals surface area (Å²) in [7, 11) is 4.38. The van der Waals surface area contributed by atoms with Gasteiger partial charge in [0, 0.05) is 27.1 Å². The molecule has 1 fully saturated rings. The molecule has 2 N–H and O–H groups in total. The third-order valence-electron chi connectivity index (χ3n) is 5.53. The number of nitrogens with one attached hydrogen (secondary N) is 1. The molecule has 32 heavy (non-hydrogen) atoms. The number of methoxy groups -OCH3 is 1. The number of β-amino-alcohol motifs (C(OH)–C–C–N with tert-alkyl or cyclic N) is 1. The van der Waals surface area contributed by atoms with E-state index in [2.05, 4.69) is 20.7 Å². The Morgan fingerprint density at radius 2 is 2.00 bits per heavy atom. The van der Waals surface area contributed by atoms with E-state index in [1.165, 1.54) is 34.6 Å². The molecule has 0 aliphatic carbocycles. The molecule has 0 radical (unpaired) electrons. The van der Waals surface area contributed by atoms with Crippen LogP contribution in [0.5, 0.6) is 0 Å². The number of amides is 2. The SMILES string of the molecule is CNC(=O)[C@@H]1C[C@@H](O)CN1C(=O)[C@@H](n1cc(-c2cnn(C)c2C(=O)OC)nn1)C(C)(C)C. The van der Waals surface area contributed by atoms with Crippen molar-refractivity contribution in [3.63, 3.8) is 0 Å². The van der Waals surface area contributed by atoms with E-state index in [4.69, 9.17) is 4.74 Å². The van der Waals surface area contributed by atoms with E-state index in [9.17, 15) is 19.5 Å². The highest BCUT2D eigenvalue weighted by Crippen LogP contribution is 2.35. The van der Waals surface area contributed by atoms with Gasteiger partial charge in [0.15, 0.2) is 5.69 Å². The molecule has 3 atom stereocenters. The molecule has 0 spiro atoms. The molecule has 0 aromatic carbocycles. The number of hydrogen-bond acceptors (Lipinski definition) is 8. The van der Waals surface area contributed by atoms with Crippen molar-refractivity contribution in [1.82, 2.24) is 35.0 Å². The summed E-state index contributed by atoms with van der Waals surface area (Å²) in [5, 5.41) is 25.1. The van der Waals surface area contributed by atoms with Crippen LogP contribution in [-0.2, 0) is 21.4 Å². The molecule has 1 aliphatic rings. The minimum atomic E-state index is -0.806. The maximum absolute atomic E-state index is 13.6. The summed E-state index contributed by atoms with van der Waals surface area (Å²) in [6.07, 6.45) is 2.43. The van der Waals surface area contributed by atoms with E-state index in [1.807, 2.05) is 20.8 Å². The topological polar surface area (TPSA) is 144 Å². The Morgan fingerprint density at radius 3 is 2.59 bits per heavy atom. The minimum absolute atomic E-state index is 0.0557. The number of rotatable bonds is 5. The first kappa shape index (κ1) is 23.4. The second kappa shape index (κ2) is 8.69. The molecule has 12 nitrogen and oxygen atoms in total. The molecule has 0 bridgehead atoms. The van der Waals surface area contributed by atoms with Crippen LogP contribution in [0.25, 0.3) is 11.3 Å². The number of nitrogens with zero attached hydrogens (tertiary/aromatic N) is 6. The van der Waals surface area contributed by atoms with Gasteiger partial charge in [-0.25, -0.2) is 9.48 Å². The summed E-state index contributed by atoms with van der Waals surface area (Å²) in [4.78, 5) is 39.5. The molecule has 2 aromatic rings. The Kier molecular flexibility index (Phi) is 6.35. The Balaban J connectivity index is 1.99. The number of aromatic nitrogens is 5. The van der Waals surface area contributed by atoms with Crippen LogP contribution in [0.2, 0.25) is 0 Å². The summed E-state index contributed by atoms with van der Waals surface area (Å²) in [5.74, 6) is -1.25. The van der Waals surface area contributed by atoms with Crippen molar-refractivity contribution in [2.24, 2.45) is 12.5 Å². The zero-order valence-corrected chi connectivity index (χ0v) is 19.1. The maximum atomic E-state index is 13.6. The third-order valence-corrected chi connectivity index (χ3v) is 5.53. The fourth-order valence-electron chi connectivity index (χ4n) is 4.00. The first-order chi connectivity index (χ1) is 15.0. The molecule has 3 rings (SSSR count). The van der Waals surface area contributed by atoms with Crippen molar-refractivity contribution in [3.8, 4) is 11.3 Å². The summed E-state index contributed by atoms with van der Waals surface area (Å²) in [5.41, 5.74) is 0.388. The van der Waals surface area contributed by atoms with Crippen LogP contribution in [0.1, 0.15) is 43.7 Å². The first-order valence-electron chi connectivity index (χ1n) is 10.2. The number of esters is 1. The predicted octanol–water partition coefficient (Wildman–Crippen LogP) is -0.240. The number of carbonyl (C=O) groups excluding carboxylic acids is 3. The van der Waals surface area contributed by atoms with Gasteiger partial charge in [-0.1, -0.05) is 26.0 Å². The highest BCUT2D eigenvalue weighted by molar-refractivity contribution is 5.95. The molecule has 1 aliphatic heterocycles. The zero-order valence-electron chi connectivity index (χ0n) is 19.1. The van der Waals surface area contributed by atoms with Crippen LogP contribution in [0, 0.1) is 5.41 Å². The van der Waals surface area contributed by atoms with Gasteiger partial charge in [0.1, 0.15) is 17.8 Å². The van der Waals surface area contributed by atoms with E-state index < -0.39 is 29.6 Å². The summed E-state index contributed by atoms with van der Waals surface area (Å²) in [6.45, 7) is 5.69. The molecule has 12 heteroatoms. The van der Waals surface area contributed by atoms with Gasteiger partial charge < -0.3 is 20.1 Å². The van der Waals surface area contributed by atoms with Gasteiger partial charge >= 0.3 is 5.97 Å². The lowest BCUT2D eigenvalue weighted by Gasteiger charge is -2.34. The second-order valence-corrected chi connectivity index (χ2v) is 8.88. The average Bonchev–Trinajstić information content (AvgIpc) is 3.44. The number of likely N-dealkylation sites (N-methyl/N-ethyl adjacent to an activating group) is 1. The molecule has 2 amide bonds. The van der Waals surface area contributed by atoms with Crippen molar-refractivity contribution in [1.29, 1.82) is 0 Å². The summed E-state index contributed by atoms with van der Waals surface area (Å²) < 4.78 is 7.64. The first-order valence-corrected chi connectivity index (χ1v) is 10.2. The van der Waals surface area contributed by atoms with Crippen molar-refractivity contribution in [2.45, 2.75) is 45.4 Å². The van der Waals surface area contributed by atoms with Gasteiger partial charge in [0.2, 0.25) is 11.8 Å². The molecule has 174 valence electrons. The fraction of sp³-hybridized carbons (Fsp3) is 0.600. The largest absolute Gasteiger partial charge is 0.464 e. The number of ether oxygens (including phenoxy) is 1. The Bertz CT molecular complexity index is 1020. The van der Waals surface area contributed by atoms with E-state index in [1.54, 1.807) is 13.2 Å². The monoisotopic (exact) mass is 447 g/mol. The second-order valence-electron chi connectivity index (χ2n) is 8.88. The van der Waals surface area contributed by atoms with Crippen LogP contribution in [0.15, 0.2) is 12.4 Å². The van der Waals surface area contributed by atoms with Gasteiger partial charge in [0.05, 0.1) is 31.2 Å². The highest BCUT2D eigenvalue weighted by atomic mass is 16.5. The maximum Gasteiger partial charge on any atom is 0.357 e. The Hall–Kier alpha value is -3.28. The van der Waals surface area contributed by atoms with Crippen molar-refractivity contribution in [3.05, 3.63) is 18.1 Å². The smallest absolute Gasteiger partial charge is 0.357 e. The summed E-state index contributed by atoms with van der Waals surface area (Å²) >= 11 is 0. The van der Waals surface area contributed by atoms with Crippen LogP contribution in [0.3, 0.4) is 0 Å². The lowest BCUT2D eigenvalue weighted by molar-refractivity contribution is -0.144. The van der Waals surface area contributed by atoms with Gasteiger partial charge in [-0.3, -0.25) is 14.3 Å². The number of aryl methyl sites for hydroxylation is 1. The van der Waals surface area contributed by atoms with Gasteiger partial charge in [-0.05, 0) is 5.41 Å². The summed E-state index contributed by atoms with van der Waals surface area (Å²) in [6, 6.07) is -1.57. The minimum Gasteiger partial charge on any atom is -0.464 e. The number of carbonyl (C=O) groups is 3. The number of aliphatic hydroxyl groups is 1. The van der Waals surface area contributed by atoms with Gasteiger partial charge in [-0.15, -0.1) is 5.10 Å². The molecule has 3 heterocycles. The van der Waals surface area contributed by atoms with Gasteiger partial charge in [0.25, 0.3) is 0 Å². The predicted molar refractivity (Wildman–Crippen MR) is 112 cm³/mol. The number of hydrogen-bond donors (Lipinski definition) is 2. The Labute approximate surface area is 185 Å². The van der Waals surface area contributed by atoms with Crippen molar-refractivity contribution < 1.29 is 24.2 Å². The third kappa shape index (κ3) is 4.22. The van der Waals surface area contributed by atoms with Crippen LogP contribution in [0.4, 0.5) is 0 Å². The number of aliphatic hydroxyl groups excluding tert-OH is 1. The average molecular weight is 447 g/mol. The lowest BCUT2D eigenvalue weighted by Crippen LogP contribution is -2.49. The molecular formula is C20H29N7O5. The fourth-order valence-corrected chi connectivity index (χ4v) is 4.00. The molecule has 2 aromatic heterocycles. The van der Waals surface area contributed by atoms with E-state index in [-0.39, 0.29) is 30.5 Å². The van der Waals surface area contributed by atoms with E-state index in [0.717, 1.165) is 0 Å². The van der Waals surface area contributed by atoms with E-state index in [0.29, 0.717) is 11.3 Å². The van der Waals surface area contributed by atoms with Crippen LogP contribution < -0.4 is 5.32 Å². The zero-order chi connectivity index (χ0) is 23.8. The quantitative estimate of drug-likeness (QED) is 0.598. The van der Waals surface area contributed by atoms with Crippen molar-refractivity contribution >= 4 is 17.8 Å². The number of likely N-dealkylation sites (tertiary alicyclic amines) is 1. The standard InChI is InChI=1S/C20H29N7O5/c1-20(2,3)16(18(30)26-9-11(28)7-14(26)17(29)21-4)27-10-13(23-24-27)12-8-22-25(5)15(12)19(31)32-6/h8,10-11,14,16,28H,7,9H2,1-6H3,(H,21,29)/t11-,14+,16-/m1/s1. The van der Waals surface area contributed by atoms with Crippen LogP contribution in [-0.4, -0.2) is 85.4 Å². The molecule has 1 saturated heterocycles. The van der Waals surface area contributed by atoms with Crippen molar-refractivity contribution in [2.75, 3.05) is 20.7 Å². The normalized spacial score (nSPS) is 19.7. The van der Waals surface area contributed by atoms with E-state index >= 15 is 0 Å². The highest BCUT2D eigenvalue weighted by Gasteiger charge is 2.45. The van der Waals surface area contributed by atoms with Crippen LogP contribution >= 0.6 is 0 Å². The molecular weight excluding hydrogens is 418 g/mol.